The third kappa shape index (κ3) is 2.76. The normalized spacial score (nSPS) is 10.0. The highest BCUT2D eigenvalue weighted by Gasteiger charge is 2.11. The molecule has 5 heteroatoms. The van der Waals surface area contributed by atoms with E-state index in [2.05, 4.69) is 5.32 Å². The highest BCUT2D eigenvalue weighted by atomic mass is 35.5. The fourth-order valence-electron chi connectivity index (χ4n) is 1.11. The average Bonchev–Trinajstić information content (AvgIpc) is 2.20. The van der Waals surface area contributed by atoms with Crippen LogP contribution < -0.4 is 16.8 Å². The van der Waals surface area contributed by atoms with Crippen molar-refractivity contribution in [3.05, 3.63) is 22.7 Å². The zero-order valence-electron chi connectivity index (χ0n) is 8.51. The summed E-state index contributed by atoms with van der Waals surface area (Å²) in [5, 5.41) is 3.03. The zero-order valence-corrected chi connectivity index (χ0v) is 9.27. The molecule has 0 aromatic heterocycles. The number of nitrogen functional groups attached to an aromatic ring is 2. The summed E-state index contributed by atoms with van der Waals surface area (Å²) in [6.07, 6.45) is 0.869. The fraction of sp³-hybridized carbons (Fsp3) is 0.300. The predicted molar refractivity (Wildman–Crippen MR) is 62.9 cm³/mol. The first-order valence-corrected chi connectivity index (χ1v) is 5.06. The van der Waals surface area contributed by atoms with E-state index in [0.717, 1.165) is 6.42 Å². The molecular formula is C10H14ClN3O. The van der Waals surface area contributed by atoms with Gasteiger partial charge in [-0.1, -0.05) is 18.5 Å². The number of carbonyl (C=O) groups excluding carboxylic acids is 1. The van der Waals surface area contributed by atoms with Crippen molar-refractivity contribution in [2.45, 2.75) is 13.3 Å². The molecule has 0 aliphatic rings. The SMILES string of the molecule is CCCNC(=O)c1cc(N)c(N)cc1Cl. The zero-order chi connectivity index (χ0) is 11.4. The third-order valence-electron chi connectivity index (χ3n) is 1.95. The van der Waals surface area contributed by atoms with Crippen molar-refractivity contribution < 1.29 is 4.79 Å². The first-order valence-electron chi connectivity index (χ1n) is 4.69. The summed E-state index contributed by atoms with van der Waals surface area (Å²) >= 11 is 5.88. The van der Waals surface area contributed by atoms with E-state index < -0.39 is 0 Å². The van der Waals surface area contributed by atoms with Crippen molar-refractivity contribution >= 4 is 28.9 Å². The summed E-state index contributed by atoms with van der Waals surface area (Å²) in [7, 11) is 0. The summed E-state index contributed by atoms with van der Waals surface area (Å²) in [5.74, 6) is -0.228. The Kier molecular flexibility index (Phi) is 3.80. The van der Waals surface area contributed by atoms with Crippen LogP contribution >= 0.6 is 11.6 Å². The van der Waals surface area contributed by atoms with Gasteiger partial charge in [0.25, 0.3) is 5.91 Å². The maximum atomic E-state index is 11.6. The van der Waals surface area contributed by atoms with Crippen LogP contribution in [0.2, 0.25) is 5.02 Å². The lowest BCUT2D eigenvalue weighted by Gasteiger charge is -2.08. The van der Waals surface area contributed by atoms with Gasteiger partial charge in [0.15, 0.2) is 0 Å². The number of nitrogens with one attached hydrogen (secondary N) is 1. The van der Waals surface area contributed by atoms with Crippen molar-refractivity contribution in [2.24, 2.45) is 0 Å². The van der Waals surface area contributed by atoms with Gasteiger partial charge in [-0.2, -0.15) is 0 Å². The molecule has 0 saturated heterocycles. The van der Waals surface area contributed by atoms with Gasteiger partial charge in [-0.15, -0.1) is 0 Å². The van der Waals surface area contributed by atoms with Crippen LogP contribution in [0.25, 0.3) is 0 Å². The number of rotatable bonds is 3. The summed E-state index contributed by atoms with van der Waals surface area (Å²) in [6.45, 7) is 2.58. The summed E-state index contributed by atoms with van der Waals surface area (Å²) in [6, 6.07) is 2.97. The van der Waals surface area contributed by atoms with Gasteiger partial charge in [-0.25, -0.2) is 0 Å². The molecule has 0 bridgehead atoms. The second kappa shape index (κ2) is 4.89. The van der Waals surface area contributed by atoms with E-state index in [9.17, 15) is 4.79 Å². The smallest absolute Gasteiger partial charge is 0.252 e. The van der Waals surface area contributed by atoms with Crippen LogP contribution in [0, 0.1) is 0 Å². The van der Waals surface area contributed by atoms with E-state index in [0.29, 0.717) is 28.5 Å². The quantitative estimate of drug-likeness (QED) is 0.687. The molecule has 4 nitrogen and oxygen atoms in total. The Bertz CT molecular complexity index is 379. The number of benzene rings is 1. The summed E-state index contributed by atoms with van der Waals surface area (Å²) in [4.78, 5) is 11.6. The van der Waals surface area contributed by atoms with Gasteiger partial charge in [-0.3, -0.25) is 4.79 Å². The highest BCUT2D eigenvalue weighted by Crippen LogP contribution is 2.24. The monoisotopic (exact) mass is 227 g/mol. The van der Waals surface area contributed by atoms with Crippen molar-refractivity contribution in [3.8, 4) is 0 Å². The molecule has 0 unspecified atom stereocenters. The Morgan fingerprint density at radius 3 is 2.60 bits per heavy atom. The molecule has 5 N–H and O–H groups in total. The van der Waals surface area contributed by atoms with E-state index >= 15 is 0 Å². The van der Waals surface area contributed by atoms with Crippen LogP contribution in [0.15, 0.2) is 12.1 Å². The van der Waals surface area contributed by atoms with Crippen molar-refractivity contribution in [2.75, 3.05) is 18.0 Å². The molecule has 1 amide bonds. The van der Waals surface area contributed by atoms with Crippen LogP contribution in [0.1, 0.15) is 23.7 Å². The second-order valence-electron chi connectivity index (χ2n) is 3.22. The second-order valence-corrected chi connectivity index (χ2v) is 3.62. The molecule has 0 radical (unpaired) electrons. The van der Waals surface area contributed by atoms with Crippen LogP contribution in [-0.2, 0) is 0 Å². The van der Waals surface area contributed by atoms with Crippen molar-refractivity contribution in [1.29, 1.82) is 0 Å². The Hall–Kier alpha value is -1.42. The van der Waals surface area contributed by atoms with Gasteiger partial charge < -0.3 is 16.8 Å². The summed E-state index contributed by atoms with van der Waals surface area (Å²) in [5.41, 5.74) is 12.2. The van der Waals surface area contributed by atoms with Gasteiger partial charge in [0.05, 0.1) is 22.0 Å². The Morgan fingerprint density at radius 1 is 1.40 bits per heavy atom. The standard InChI is InChI=1S/C10H14ClN3O/c1-2-3-14-10(15)6-4-8(12)9(13)5-7(6)11/h4-5H,2-3,12-13H2,1H3,(H,14,15). The van der Waals surface area contributed by atoms with E-state index in [1.807, 2.05) is 6.92 Å². The number of hydrogen-bond donors (Lipinski definition) is 3. The number of anilines is 2. The number of hydrogen-bond acceptors (Lipinski definition) is 3. The van der Waals surface area contributed by atoms with Crippen LogP contribution in [0.4, 0.5) is 11.4 Å². The van der Waals surface area contributed by atoms with Gasteiger partial charge in [0.1, 0.15) is 0 Å². The minimum Gasteiger partial charge on any atom is -0.397 e. The molecule has 0 atom stereocenters. The number of amides is 1. The molecule has 1 aromatic carbocycles. The van der Waals surface area contributed by atoms with Crippen LogP contribution in [0.5, 0.6) is 0 Å². The van der Waals surface area contributed by atoms with Crippen molar-refractivity contribution in [1.82, 2.24) is 5.32 Å². The Balaban J connectivity index is 2.94. The fourth-order valence-corrected chi connectivity index (χ4v) is 1.37. The lowest BCUT2D eigenvalue weighted by atomic mass is 10.1. The molecule has 1 aromatic rings. The molecule has 82 valence electrons. The van der Waals surface area contributed by atoms with Gasteiger partial charge in [0, 0.05) is 6.54 Å². The van der Waals surface area contributed by atoms with E-state index in [1.54, 1.807) is 0 Å². The molecular weight excluding hydrogens is 214 g/mol. The minimum absolute atomic E-state index is 0.228. The Labute approximate surface area is 93.6 Å². The van der Waals surface area contributed by atoms with Crippen LogP contribution in [0.3, 0.4) is 0 Å². The topological polar surface area (TPSA) is 81.1 Å². The molecule has 0 aliphatic heterocycles. The third-order valence-corrected chi connectivity index (χ3v) is 2.27. The van der Waals surface area contributed by atoms with Gasteiger partial charge in [-0.05, 0) is 18.6 Å². The molecule has 0 aliphatic carbocycles. The molecule has 1 rings (SSSR count). The van der Waals surface area contributed by atoms with Crippen LogP contribution in [-0.4, -0.2) is 12.5 Å². The molecule has 0 heterocycles. The average molecular weight is 228 g/mol. The number of carbonyl (C=O) groups is 1. The molecule has 0 saturated carbocycles. The van der Waals surface area contributed by atoms with Gasteiger partial charge >= 0.3 is 0 Å². The minimum atomic E-state index is -0.228. The maximum absolute atomic E-state index is 11.6. The first kappa shape index (κ1) is 11.7. The largest absolute Gasteiger partial charge is 0.397 e. The van der Waals surface area contributed by atoms with E-state index in [1.165, 1.54) is 12.1 Å². The number of nitrogens with two attached hydrogens (primary N) is 2. The maximum Gasteiger partial charge on any atom is 0.252 e. The first-order chi connectivity index (χ1) is 7.06. The molecule has 0 spiro atoms. The predicted octanol–water partition coefficient (Wildman–Crippen LogP) is 1.64. The highest BCUT2D eigenvalue weighted by molar-refractivity contribution is 6.34. The molecule has 15 heavy (non-hydrogen) atoms. The van der Waals surface area contributed by atoms with E-state index in [4.69, 9.17) is 23.1 Å². The Morgan fingerprint density at radius 2 is 2.00 bits per heavy atom. The van der Waals surface area contributed by atoms with Gasteiger partial charge in [0.2, 0.25) is 0 Å². The lowest BCUT2D eigenvalue weighted by molar-refractivity contribution is 0.0954. The lowest BCUT2D eigenvalue weighted by Crippen LogP contribution is -2.24. The molecule has 0 fully saturated rings. The number of halogens is 1. The summed E-state index contributed by atoms with van der Waals surface area (Å²) < 4.78 is 0. The van der Waals surface area contributed by atoms with E-state index in [-0.39, 0.29) is 5.91 Å². The van der Waals surface area contributed by atoms with Crippen molar-refractivity contribution in [3.63, 3.8) is 0 Å².